The van der Waals surface area contributed by atoms with Gasteiger partial charge in [-0.05, 0) is 37.5 Å². The number of fused-ring (bicyclic) bond motifs is 1. The summed E-state index contributed by atoms with van der Waals surface area (Å²) in [6, 6.07) is 3.76. The summed E-state index contributed by atoms with van der Waals surface area (Å²) >= 11 is 6.78. The summed E-state index contributed by atoms with van der Waals surface area (Å²) in [7, 11) is 0. The first-order valence-electron chi connectivity index (χ1n) is 13.0. The Morgan fingerprint density at radius 2 is 1.89 bits per heavy atom. The zero-order chi connectivity index (χ0) is 26.2. The summed E-state index contributed by atoms with van der Waals surface area (Å²) in [5.41, 5.74) is 1.65. The van der Waals surface area contributed by atoms with E-state index in [4.69, 9.17) is 17.2 Å². The maximum Gasteiger partial charge on any atom is 0.267 e. The van der Waals surface area contributed by atoms with Crippen molar-refractivity contribution < 1.29 is 4.79 Å². The highest BCUT2D eigenvalue weighted by Crippen LogP contribution is 2.33. The summed E-state index contributed by atoms with van der Waals surface area (Å²) in [6.07, 6.45) is 16.5. The monoisotopic (exact) mass is 538 g/mol. The van der Waals surface area contributed by atoms with Gasteiger partial charge in [0.1, 0.15) is 15.8 Å². The van der Waals surface area contributed by atoms with Gasteiger partial charge < -0.3 is 9.88 Å². The zero-order valence-electron chi connectivity index (χ0n) is 21.5. The molecule has 1 amide bonds. The summed E-state index contributed by atoms with van der Waals surface area (Å²) in [5.74, 6) is 0.342. The van der Waals surface area contributed by atoms with Gasteiger partial charge in [0.2, 0.25) is 0 Å². The van der Waals surface area contributed by atoms with Gasteiger partial charge in [-0.3, -0.25) is 18.9 Å². The van der Waals surface area contributed by atoms with Gasteiger partial charge in [0.05, 0.1) is 16.8 Å². The van der Waals surface area contributed by atoms with Crippen LogP contribution >= 0.6 is 24.0 Å². The molecular formula is C27H34N6O2S2. The third-order valence-electron chi connectivity index (χ3n) is 6.41. The van der Waals surface area contributed by atoms with Crippen LogP contribution in [0.25, 0.3) is 11.7 Å². The summed E-state index contributed by atoms with van der Waals surface area (Å²) in [6.45, 7) is 6.16. The molecule has 0 radical (unpaired) electrons. The fraction of sp³-hybridized carbons (Fsp3) is 0.444. The second-order valence-electron chi connectivity index (χ2n) is 9.25. The number of nitrogens with zero attached hydrogens (tertiary/aromatic N) is 5. The third kappa shape index (κ3) is 6.67. The molecule has 0 saturated carbocycles. The summed E-state index contributed by atoms with van der Waals surface area (Å²) in [4.78, 5) is 37.7. The molecule has 1 saturated heterocycles. The number of carbonyl (C=O) groups excluding carboxylic acids is 1. The molecule has 1 aliphatic rings. The number of hydrogen-bond donors (Lipinski definition) is 1. The Bertz CT molecular complexity index is 1330. The van der Waals surface area contributed by atoms with Crippen molar-refractivity contribution >= 4 is 51.7 Å². The van der Waals surface area contributed by atoms with Gasteiger partial charge in [0.15, 0.2) is 0 Å². The number of pyridine rings is 1. The number of rotatable bonds is 13. The fourth-order valence-corrected chi connectivity index (χ4v) is 5.63. The number of anilines is 1. The molecule has 4 rings (SSSR count). The molecule has 3 aromatic heterocycles. The van der Waals surface area contributed by atoms with E-state index in [0.717, 1.165) is 31.4 Å². The minimum absolute atomic E-state index is 0.136. The molecule has 0 aliphatic carbocycles. The molecule has 0 bridgehead atoms. The second kappa shape index (κ2) is 13.0. The Morgan fingerprint density at radius 1 is 1.08 bits per heavy atom. The molecule has 1 N–H and O–H groups in total. The average molecular weight is 539 g/mol. The van der Waals surface area contributed by atoms with E-state index in [1.807, 2.05) is 29.8 Å². The standard InChI is InChI=1S/C27H34N6O2S2/c1-3-4-5-6-7-8-15-33-26(35)22(37-27(33)36)18-21-23(29-12-10-14-31-17-13-28-19-31)30-24-20(2)11-9-16-32(24)25(21)34/h9,11,13,16-19,29H,3-8,10,12,14-15H2,1-2H3. The minimum atomic E-state index is -0.216. The van der Waals surface area contributed by atoms with Gasteiger partial charge >= 0.3 is 0 Å². The molecule has 0 aromatic carbocycles. The Balaban J connectivity index is 1.54. The molecule has 8 nitrogen and oxygen atoms in total. The van der Waals surface area contributed by atoms with Gasteiger partial charge in [0, 0.05) is 38.2 Å². The number of carbonyl (C=O) groups is 1. The van der Waals surface area contributed by atoms with Crippen molar-refractivity contribution in [1.82, 2.24) is 23.8 Å². The summed E-state index contributed by atoms with van der Waals surface area (Å²) < 4.78 is 4.09. The molecule has 0 unspecified atom stereocenters. The molecule has 3 aromatic rings. The van der Waals surface area contributed by atoms with Crippen LogP contribution < -0.4 is 10.9 Å². The van der Waals surface area contributed by atoms with Crippen LogP contribution in [0.4, 0.5) is 5.82 Å². The number of thioether (sulfide) groups is 1. The highest BCUT2D eigenvalue weighted by Gasteiger charge is 2.32. The average Bonchev–Trinajstić information content (AvgIpc) is 3.50. The van der Waals surface area contributed by atoms with Crippen molar-refractivity contribution in [3.63, 3.8) is 0 Å². The van der Waals surface area contributed by atoms with Gasteiger partial charge in [-0.25, -0.2) is 9.97 Å². The zero-order valence-corrected chi connectivity index (χ0v) is 23.1. The lowest BCUT2D eigenvalue weighted by Crippen LogP contribution is -2.29. The minimum Gasteiger partial charge on any atom is -0.369 e. The molecule has 4 heterocycles. The lowest BCUT2D eigenvalue weighted by atomic mass is 10.1. The SMILES string of the molecule is CCCCCCCCN1C(=O)C(=Cc2c(NCCCn3ccnc3)nc3c(C)cccn3c2=O)SC1=S. The molecule has 10 heteroatoms. The first-order valence-corrected chi connectivity index (χ1v) is 14.2. The third-order valence-corrected chi connectivity index (χ3v) is 7.79. The second-order valence-corrected chi connectivity index (χ2v) is 10.9. The number of unbranched alkanes of at least 4 members (excludes halogenated alkanes) is 5. The number of thiocarbonyl (C=S) groups is 1. The number of hydrogen-bond acceptors (Lipinski definition) is 7. The van der Waals surface area contributed by atoms with Crippen molar-refractivity contribution in [3.05, 3.63) is 63.4 Å². The first kappa shape index (κ1) is 27.1. The van der Waals surface area contributed by atoms with Crippen molar-refractivity contribution in [2.24, 2.45) is 0 Å². The van der Waals surface area contributed by atoms with E-state index in [-0.39, 0.29) is 11.5 Å². The molecule has 196 valence electrons. The topological polar surface area (TPSA) is 84.5 Å². The van der Waals surface area contributed by atoms with E-state index in [2.05, 4.69) is 17.2 Å². The number of nitrogens with one attached hydrogen (secondary N) is 1. The number of imidazole rings is 1. The molecular weight excluding hydrogens is 504 g/mol. The highest BCUT2D eigenvalue weighted by molar-refractivity contribution is 8.26. The van der Waals surface area contributed by atoms with E-state index in [9.17, 15) is 9.59 Å². The van der Waals surface area contributed by atoms with Crippen LogP contribution in [-0.4, -0.2) is 47.2 Å². The molecule has 0 atom stereocenters. The number of aromatic nitrogens is 4. The Morgan fingerprint density at radius 3 is 2.68 bits per heavy atom. The normalized spacial score (nSPS) is 14.9. The quantitative estimate of drug-likeness (QED) is 0.180. The van der Waals surface area contributed by atoms with Gasteiger partial charge in [-0.1, -0.05) is 69.1 Å². The van der Waals surface area contributed by atoms with E-state index < -0.39 is 0 Å². The van der Waals surface area contributed by atoms with Gasteiger partial charge in [-0.15, -0.1) is 0 Å². The molecule has 1 fully saturated rings. The highest BCUT2D eigenvalue weighted by atomic mass is 32.2. The van der Waals surface area contributed by atoms with Gasteiger partial charge in [0.25, 0.3) is 11.5 Å². The molecule has 0 spiro atoms. The first-order chi connectivity index (χ1) is 18.0. The van der Waals surface area contributed by atoms with E-state index in [0.29, 0.717) is 39.3 Å². The largest absolute Gasteiger partial charge is 0.369 e. The molecule has 37 heavy (non-hydrogen) atoms. The molecule has 1 aliphatic heterocycles. The predicted molar refractivity (Wildman–Crippen MR) is 155 cm³/mol. The van der Waals surface area contributed by atoms with Crippen LogP contribution in [0.15, 0.2) is 46.8 Å². The predicted octanol–water partition coefficient (Wildman–Crippen LogP) is 5.26. The van der Waals surface area contributed by atoms with Crippen molar-refractivity contribution in [1.29, 1.82) is 0 Å². The van der Waals surface area contributed by atoms with Crippen LogP contribution in [0.2, 0.25) is 0 Å². The van der Waals surface area contributed by atoms with Crippen molar-refractivity contribution in [3.8, 4) is 0 Å². The van der Waals surface area contributed by atoms with Crippen LogP contribution in [0.3, 0.4) is 0 Å². The van der Waals surface area contributed by atoms with Crippen LogP contribution in [-0.2, 0) is 11.3 Å². The lowest BCUT2D eigenvalue weighted by Gasteiger charge is -2.14. The number of aryl methyl sites for hydroxylation is 2. The van der Waals surface area contributed by atoms with Crippen LogP contribution in [0.5, 0.6) is 0 Å². The Hall–Kier alpha value is -2.98. The smallest absolute Gasteiger partial charge is 0.267 e. The van der Waals surface area contributed by atoms with E-state index in [1.165, 1.54) is 41.8 Å². The van der Waals surface area contributed by atoms with Gasteiger partial charge in [-0.2, -0.15) is 0 Å². The van der Waals surface area contributed by atoms with E-state index in [1.54, 1.807) is 29.7 Å². The van der Waals surface area contributed by atoms with Crippen LogP contribution in [0.1, 0.15) is 63.0 Å². The van der Waals surface area contributed by atoms with Crippen molar-refractivity contribution in [2.75, 3.05) is 18.4 Å². The maximum atomic E-state index is 13.5. The maximum absolute atomic E-state index is 13.5. The number of amides is 1. The Labute approximate surface area is 227 Å². The van der Waals surface area contributed by atoms with Crippen molar-refractivity contribution in [2.45, 2.75) is 65.3 Å². The fourth-order valence-electron chi connectivity index (χ4n) is 4.34. The lowest BCUT2D eigenvalue weighted by molar-refractivity contribution is -0.122. The van der Waals surface area contributed by atoms with Crippen LogP contribution in [0, 0.1) is 6.92 Å². The summed E-state index contributed by atoms with van der Waals surface area (Å²) in [5, 5.41) is 3.34. The Kier molecular flexibility index (Phi) is 9.51. The van der Waals surface area contributed by atoms with E-state index >= 15 is 0 Å².